The molecule has 1 heterocycles. The zero-order chi connectivity index (χ0) is 14.1. The molecule has 2 aliphatic rings. The van der Waals surface area contributed by atoms with E-state index in [1.165, 1.54) is 25.7 Å². The van der Waals surface area contributed by atoms with Gasteiger partial charge in [0.15, 0.2) is 11.5 Å². The van der Waals surface area contributed by atoms with Gasteiger partial charge in [0.25, 0.3) is 0 Å². The van der Waals surface area contributed by atoms with Gasteiger partial charge in [0.1, 0.15) is 5.69 Å². The fourth-order valence-corrected chi connectivity index (χ4v) is 4.14. The molecular formula is C16H24N2O2. The van der Waals surface area contributed by atoms with Crippen molar-refractivity contribution in [3.63, 3.8) is 0 Å². The van der Waals surface area contributed by atoms with Crippen LogP contribution in [0.25, 0.3) is 0 Å². The van der Waals surface area contributed by atoms with E-state index in [1.54, 1.807) is 13.3 Å². The van der Waals surface area contributed by atoms with Crippen molar-refractivity contribution in [2.75, 3.05) is 7.11 Å². The average Bonchev–Trinajstić information content (AvgIpc) is 3.13. The summed E-state index contributed by atoms with van der Waals surface area (Å²) in [6.45, 7) is 2.87. The van der Waals surface area contributed by atoms with E-state index < -0.39 is 0 Å². The first kappa shape index (κ1) is 13.7. The van der Waals surface area contributed by atoms with Crippen molar-refractivity contribution in [2.45, 2.75) is 52.0 Å². The van der Waals surface area contributed by atoms with Crippen LogP contribution in [-0.4, -0.2) is 22.7 Å². The van der Waals surface area contributed by atoms with Gasteiger partial charge in [-0.3, -0.25) is 9.48 Å². The second-order valence-electron chi connectivity index (χ2n) is 6.35. The largest absolute Gasteiger partial charge is 0.493 e. The Labute approximate surface area is 120 Å². The lowest BCUT2D eigenvalue weighted by molar-refractivity contribution is 0.0930. The van der Waals surface area contributed by atoms with Gasteiger partial charge in [-0.1, -0.05) is 13.3 Å². The maximum Gasteiger partial charge on any atom is 0.184 e. The number of aromatic nitrogens is 2. The fourth-order valence-electron chi connectivity index (χ4n) is 4.14. The highest BCUT2D eigenvalue weighted by atomic mass is 16.5. The lowest BCUT2D eigenvalue weighted by Gasteiger charge is -2.21. The van der Waals surface area contributed by atoms with Crippen LogP contribution in [0.5, 0.6) is 5.75 Å². The highest BCUT2D eigenvalue weighted by Gasteiger charge is 2.40. The molecule has 2 saturated carbocycles. The Morgan fingerprint density at radius 2 is 2.30 bits per heavy atom. The van der Waals surface area contributed by atoms with Crippen LogP contribution in [-0.2, 0) is 6.54 Å². The summed E-state index contributed by atoms with van der Waals surface area (Å²) in [5, 5.41) is 4.29. The minimum absolute atomic E-state index is 0.213. The first-order valence-electron chi connectivity index (χ1n) is 7.85. The van der Waals surface area contributed by atoms with Gasteiger partial charge in [0.05, 0.1) is 13.3 Å². The molecule has 3 unspecified atom stereocenters. The molecule has 2 bridgehead atoms. The molecule has 1 aromatic heterocycles. The Balaban J connectivity index is 1.74. The highest BCUT2D eigenvalue weighted by molar-refractivity contribution is 5.97. The summed E-state index contributed by atoms with van der Waals surface area (Å²) in [6.07, 6.45) is 8.63. The molecule has 0 amide bonds. The second-order valence-corrected chi connectivity index (χ2v) is 6.35. The minimum atomic E-state index is 0.213. The summed E-state index contributed by atoms with van der Waals surface area (Å²) < 4.78 is 7.13. The molecule has 0 N–H and O–H groups in total. The van der Waals surface area contributed by atoms with E-state index in [4.69, 9.17) is 4.74 Å². The zero-order valence-electron chi connectivity index (χ0n) is 12.5. The second kappa shape index (κ2) is 5.58. The first-order chi connectivity index (χ1) is 9.72. The molecule has 110 valence electrons. The topological polar surface area (TPSA) is 44.1 Å². The number of aryl methyl sites for hydroxylation is 1. The molecule has 0 aromatic carbocycles. The zero-order valence-corrected chi connectivity index (χ0v) is 12.5. The van der Waals surface area contributed by atoms with Crippen LogP contribution in [0.1, 0.15) is 55.9 Å². The van der Waals surface area contributed by atoms with Crippen molar-refractivity contribution in [1.82, 2.24) is 9.78 Å². The molecule has 3 atom stereocenters. The van der Waals surface area contributed by atoms with Crippen LogP contribution < -0.4 is 4.74 Å². The summed E-state index contributed by atoms with van der Waals surface area (Å²) in [5.41, 5.74) is 0.678. The lowest BCUT2D eigenvalue weighted by atomic mass is 9.85. The molecule has 2 aliphatic carbocycles. The van der Waals surface area contributed by atoms with Crippen molar-refractivity contribution >= 4 is 5.78 Å². The van der Waals surface area contributed by atoms with E-state index in [9.17, 15) is 4.79 Å². The summed E-state index contributed by atoms with van der Waals surface area (Å²) in [4.78, 5) is 12.7. The molecule has 0 radical (unpaired) electrons. The van der Waals surface area contributed by atoms with Crippen LogP contribution >= 0.6 is 0 Å². The van der Waals surface area contributed by atoms with Crippen molar-refractivity contribution in [3.05, 3.63) is 11.9 Å². The SMILES string of the molecule is CCCn1ncc(OC)c1C(=O)CC1CC2CCC1C2. The van der Waals surface area contributed by atoms with E-state index in [0.717, 1.165) is 24.8 Å². The van der Waals surface area contributed by atoms with Crippen LogP contribution in [0.4, 0.5) is 0 Å². The smallest absolute Gasteiger partial charge is 0.184 e. The normalized spacial score (nSPS) is 28.0. The van der Waals surface area contributed by atoms with Gasteiger partial charge in [-0.2, -0.15) is 5.10 Å². The fraction of sp³-hybridized carbons (Fsp3) is 0.750. The van der Waals surface area contributed by atoms with Crippen LogP contribution in [0.15, 0.2) is 6.20 Å². The molecule has 0 saturated heterocycles. The molecule has 0 aliphatic heterocycles. The summed E-state index contributed by atoms with van der Waals surface area (Å²) in [7, 11) is 1.61. The van der Waals surface area contributed by atoms with E-state index >= 15 is 0 Å². The average molecular weight is 276 g/mol. The number of hydrogen-bond acceptors (Lipinski definition) is 3. The molecule has 4 nitrogen and oxygen atoms in total. The van der Waals surface area contributed by atoms with Crippen molar-refractivity contribution < 1.29 is 9.53 Å². The van der Waals surface area contributed by atoms with E-state index in [0.29, 0.717) is 23.8 Å². The third-order valence-electron chi connectivity index (χ3n) is 5.06. The van der Waals surface area contributed by atoms with Crippen LogP contribution in [0.2, 0.25) is 0 Å². The van der Waals surface area contributed by atoms with E-state index in [1.807, 2.05) is 4.68 Å². The number of carbonyl (C=O) groups excluding carboxylic acids is 1. The third kappa shape index (κ3) is 2.36. The number of ketones is 1. The van der Waals surface area contributed by atoms with Gasteiger partial charge in [0, 0.05) is 13.0 Å². The highest BCUT2D eigenvalue weighted by Crippen LogP contribution is 2.49. The Kier molecular flexibility index (Phi) is 3.81. The standard InChI is InChI=1S/C16H24N2O2/c1-3-6-18-16(15(20-2)10-17-18)14(19)9-13-8-11-4-5-12(13)7-11/h10-13H,3-9H2,1-2H3. The van der Waals surface area contributed by atoms with Crippen molar-refractivity contribution in [2.24, 2.45) is 17.8 Å². The van der Waals surface area contributed by atoms with Gasteiger partial charge < -0.3 is 4.74 Å². The Morgan fingerprint density at radius 1 is 1.45 bits per heavy atom. The Bertz CT molecular complexity index is 495. The molecule has 3 rings (SSSR count). The van der Waals surface area contributed by atoms with Gasteiger partial charge in [0.2, 0.25) is 0 Å². The number of rotatable bonds is 6. The van der Waals surface area contributed by atoms with E-state index in [-0.39, 0.29) is 5.78 Å². The molecule has 0 spiro atoms. The van der Waals surface area contributed by atoms with Crippen LogP contribution in [0, 0.1) is 17.8 Å². The van der Waals surface area contributed by atoms with E-state index in [2.05, 4.69) is 12.0 Å². The predicted molar refractivity (Wildman–Crippen MR) is 77.0 cm³/mol. The Morgan fingerprint density at radius 3 is 2.90 bits per heavy atom. The third-order valence-corrected chi connectivity index (χ3v) is 5.06. The number of fused-ring (bicyclic) bond motifs is 2. The lowest BCUT2D eigenvalue weighted by Crippen LogP contribution is -2.18. The van der Waals surface area contributed by atoms with Crippen molar-refractivity contribution in [3.8, 4) is 5.75 Å². The summed E-state index contributed by atoms with van der Waals surface area (Å²) in [6, 6.07) is 0. The molecule has 4 heteroatoms. The number of nitrogens with zero attached hydrogens (tertiary/aromatic N) is 2. The van der Waals surface area contributed by atoms with Gasteiger partial charge in [-0.05, 0) is 43.4 Å². The maximum atomic E-state index is 12.7. The molecule has 2 fully saturated rings. The number of Topliss-reactive ketones (excluding diaryl/α,β-unsaturated/α-hetero) is 1. The van der Waals surface area contributed by atoms with Gasteiger partial charge in [-0.15, -0.1) is 0 Å². The maximum absolute atomic E-state index is 12.7. The number of ether oxygens (including phenoxy) is 1. The van der Waals surface area contributed by atoms with Crippen LogP contribution in [0.3, 0.4) is 0 Å². The monoisotopic (exact) mass is 276 g/mol. The Hall–Kier alpha value is -1.32. The predicted octanol–water partition coefficient (Wildman–Crippen LogP) is 3.31. The molecular weight excluding hydrogens is 252 g/mol. The van der Waals surface area contributed by atoms with Crippen molar-refractivity contribution in [1.29, 1.82) is 0 Å². The number of methoxy groups -OCH3 is 1. The summed E-state index contributed by atoms with van der Waals surface area (Å²) in [5.74, 6) is 3.12. The minimum Gasteiger partial charge on any atom is -0.493 e. The van der Waals surface area contributed by atoms with Gasteiger partial charge in [-0.25, -0.2) is 0 Å². The molecule has 1 aromatic rings. The summed E-state index contributed by atoms with van der Waals surface area (Å²) >= 11 is 0. The number of carbonyl (C=O) groups is 1. The van der Waals surface area contributed by atoms with Gasteiger partial charge >= 0.3 is 0 Å². The molecule has 20 heavy (non-hydrogen) atoms. The quantitative estimate of drug-likeness (QED) is 0.749. The first-order valence-corrected chi connectivity index (χ1v) is 7.85. The number of hydrogen-bond donors (Lipinski definition) is 0.